The third-order valence-electron chi connectivity index (χ3n) is 3.20. The van der Waals surface area contributed by atoms with E-state index in [0.717, 1.165) is 11.1 Å². The zero-order chi connectivity index (χ0) is 14.8. The Morgan fingerprint density at radius 3 is 2.71 bits per heavy atom. The van der Waals surface area contributed by atoms with Crippen LogP contribution in [0, 0.1) is 12.7 Å². The van der Waals surface area contributed by atoms with E-state index >= 15 is 0 Å². The maximum Gasteiger partial charge on any atom is 0.345 e. The van der Waals surface area contributed by atoms with Crippen molar-refractivity contribution in [3.63, 3.8) is 0 Å². The minimum Gasteiger partial charge on any atom is -0.305 e. The first-order chi connectivity index (χ1) is 10.1. The molecule has 5 heteroatoms. The average Bonchev–Trinajstić information content (AvgIpc) is 2.50. The van der Waals surface area contributed by atoms with Gasteiger partial charge in [-0.05, 0) is 48.9 Å². The normalized spacial score (nSPS) is 10.6. The van der Waals surface area contributed by atoms with Crippen molar-refractivity contribution >= 4 is 0 Å². The van der Waals surface area contributed by atoms with Crippen LogP contribution in [0.3, 0.4) is 0 Å². The lowest BCUT2D eigenvalue weighted by atomic mass is 10.0. The van der Waals surface area contributed by atoms with Gasteiger partial charge < -0.3 is 4.98 Å². The molecule has 0 bridgehead atoms. The Bertz CT molecular complexity index is 858. The second-order valence-electron chi connectivity index (χ2n) is 4.65. The molecular weight excluding hydrogens is 269 g/mol. The van der Waals surface area contributed by atoms with E-state index in [0.29, 0.717) is 17.0 Å². The highest BCUT2D eigenvalue weighted by molar-refractivity contribution is 5.78. The summed E-state index contributed by atoms with van der Waals surface area (Å²) in [7, 11) is 0. The molecule has 1 N–H and O–H groups in total. The highest BCUT2D eigenvalue weighted by Crippen LogP contribution is 2.29. The number of aryl methyl sites for hydroxylation is 1. The molecule has 2 aromatic heterocycles. The fraction of sp³-hybridized carbons (Fsp3) is 0.0625. The van der Waals surface area contributed by atoms with Crippen LogP contribution in [-0.4, -0.2) is 15.0 Å². The van der Waals surface area contributed by atoms with E-state index in [1.807, 2.05) is 6.07 Å². The maximum atomic E-state index is 13.4. The Morgan fingerprint density at radius 2 is 1.95 bits per heavy atom. The Labute approximate surface area is 120 Å². The molecule has 4 nitrogen and oxygen atoms in total. The molecule has 0 aliphatic rings. The first-order valence-electron chi connectivity index (χ1n) is 6.42. The third kappa shape index (κ3) is 2.58. The molecular formula is C16H12FN3O. The van der Waals surface area contributed by atoms with Crippen molar-refractivity contribution in [3.05, 3.63) is 70.7 Å². The fourth-order valence-corrected chi connectivity index (χ4v) is 2.17. The average molecular weight is 281 g/mol. The van der Waals surface area contributed by atoms with Gasteiger partial charge in [0, 0.05) is 23.5 Å². The number of nitrogens with zero attached hydrogens (tertiary/aromatic N) is 2. The number of benzene rings is 1. The molecule has 0 aliphatic carbocycles. The summed E-state index contributed by atoms with van der Waals surface area (Å²) in [4.78, 5) is 22.0. The van der Waals surface area contributed by atoms with Gasteiger partial charge in [0.1, 0.15) is 5.82 Å². The first kappa shape index (κ1) is 13.2. The summed E-state index contributed by atoms with van der Waals surface area (Å²) in [6, 6.07) is 10.2. The van der Waals surface area contributed by atoms with Crippen LogP contribution in [0.1, 0.15) is 5.56 Å². The monoisotopic (exact) mass is 281 g/mol. The minimum atomic E-state index is -0.419. The SMILES string of the molecule is Cc1cc(-c2ncccc2-c2ccnc(=O)[nH]2)ccc1F. The number of hydrogen-bond acceptors (Lipinski definition) is 3. The van der Waals surface area contributed by atoms with Gasteiger partial charge >= 0.3 is 5.69 Å². The van der Waals surface area contributed by atoms with Crippen molar-refractivity contribution in [1.29, 1.82) is 0 Å². The van der Waals surface area contributed by atoms with Crippen molar-refractivity contribution in [3.8, 4) is 22.5 Å². The van der Waals surface area contributed by atoms with Crippen LogP contribution in [0.2, 0.25) is 0 Å². The van der Waals surface area contributed by atoms with Gasteiger partial charge in [-0.1, -0.05) is 0 Å². The highest BCUT2D eigenvalue weighted by atomic mass is 19.1. The standard InChI is InChI=1S/C16H12FN3O/c1-10-9-11(4-5-13(10)17)15-12(3-2-7-18-15)14-6-8-19-16(21)20-14/h2-9H,1H3,(H,19,20,21). The number of hydrogen-bond donors (Lipinski definition) is 1. The fourth-order valence-electron chi connectivity index (χ4n) is 2.17. The molecule has 3 aromatic rings. The van der Waals surface area contributed by atoms with Crippen LogP contribution >= 0.6 is 0 Å². The Morgan fingerprint density at radius 1 is 1.10 bits per heavy atom. The van der Waals surface area contributed by atoms with Gasteiger partial charge in [0.2, 0.25) is 0 Å². The largest absolute Gasteiger partial charge is 0.345 e. The number of halogens is 1. The first-order valence-corrected chi connectivity index (χ1v) is 6.42. The van der Waals surface area contributed by atoms with Crippen molar-refractivity contribution in [1.82, 2.24) is 15.0 Å². The molecule has 0 saturated heterocycles. The van der Waals surface area contributed by atoms with E-state index < -0.39 is 5.69 Å². The summed E-state index contributed by atoms with van der Waals surface area (Å²) in [6.45, 7) is 1.70. The molecule has 1 aromatic carbocycles. The number of aromatic nitrogens is 3. The Hall–Kier alpha value is -2.82. The zero-order valence-electron chi connectivity index (χ0n) is 11.3. The molecule has 0 amide bonds. The van der Waals surface area contributed by atoms with E-state index in [-0.39, 0.29) is 5.82 Å². The maximum absolute atomic E-state index is 13.4. The van der Waals surface area contributed by atoms with Gasteiger partial charge in [-0.15, -0.1) is 0 Å². The summed E-state index contributed by atoms with van der Waals surface area (Å²) in [5.74, 6) is -0.256. The number of H-pyrrole nitrogens is 1. The molecule has 0 radical (unpaired) electrons. The van der Waals surface area contributed by atoms with Gasteiger partial charge in [-0.25, -0.2) is 14.2 Å². The minimum absolute atomic E-state index is 0.256. The summed E-state index contributed by atoms with van der Waals surface area (Å²) in [5, 5.41) is 0. The van der Waals surface area contributed by atoms with Crippen molar-refractivity contribution in [2.45, 2.75) is 6.92 Å². The smallest absolute Gasteiger partial charge is 0.305 e. The van der Waals surface area contributed by atoms with E-state index in [1.165, 1.54) is 12.3 Å². The summed E-state index contributed by atoms with van der Waals surface area (Å²) < 4.78 is 13.4. The second kappa shape index (κ2) is 5.28. The molecule has 104 valence electrons. The van der Waals surface area contributed by atoms with E-state index in [4.69, 9.17) is 0 Å². The highest BCUT2D eigenvalue weighted by Gasteiger charge is 2.10. The lowest BCUT2D eigenvalue weighted by molar-refractivity contribution is 0.619. The van der Waals surface area contributed by atoms with Crippen LogP contribution in [0.5, 0.6) is 0 Å². The number of rotatable bonds is 2. The van der Waals surface area contributed by atoms with Crippen LogP contribution in [0.25, 0.3) is 22.5 Å². The lowest BCUT2D eigenvalue weighted by Gasteiger charge is -2.09. The topological polar surface area (TPSA) is 58.6 Å². The molecule has 0 aliphatic heterocycles. The van der Waals surface area contributed by atoms with Crippen molar-refractivity contribution < 1.29 is 4.39 Å². The van der Waals surface area contributed by atoms with Crippen molar-refractivity contribution in [2.24, 2.45) is 0 Å². The number of pyridine rings is 1. The number of aromatic amines is 1. The molecule has 0 spiro atoms. The summed E-state index contributed by atoms with van der Waals surface area (Å²) in [5.41, 5.74) is 3.00. The molecule has 3 rings (SSSR count). The molecule has 0 atom stereocenters. The molecule has 0 unspecified atom stereocenters. The quantitative estimate of drug-likeness (QED) is 0.785. The number of nitrogens with one attached hydrogen (secondary N) is 1. The van der Waals surface area contributed by atoms with Gasteiger partial charge in [-0.2, -0.15) is 0 Å². The van der Waals surface area contributed by atoms with E-state index in [1.54, 1.807) is 37.4 Å². The van der Waals surface area contributed by atoms with Crippen LogP contribution < -0.4 is 5.69 Å². The zero-order valence-corrected chi connectivity index (χ0v) is 11.3. The molecule has 21 heavy (non-hydrogen) atoms. The van der Waals surface area contributed by atoms with E-state index in [9.17, 15) is 9.18 Å². The Kier molecular flexibility index (Phi) is 3.31. The molecule has 0 fully saturated rings. The predicted octanol–water partition coefficient (Wildman–Crippen LogP) is 2.95. The van der Waals surface area contributed by atoms with Gasteiger partial charge in [0.15, 0.2) is 0 Å². The van der Waals surface area contributed by atoms with E-state index in [2.05, 4.69) is 15.0 Å². The summed E-state index contributed by atoms with van der Waals surface area (Å²) in [6.07, 6.45) is 3.11. The van der Waals surface area contributed by atoms with Crippen molar-refractivity contribution in [2.75, 3.05) is 0 Å². The van der Waals surface area contributed by atoms with Gasteiger partial charge in [-0.3, -0.25) is 4.98 Å². The lowest BCUT2D eigenvalue weighted by Crippen LogP contribution is -2.09. The Balaban J connectivity index is 2.20. The van der Waals surface area contributed by atoms with Gasteiger partial charge in [0.05, 0.1) is 11.4 Å². The summed E-state index contributed by atoms with van der Waals surface area (Å²) >= 11 is 0. The van der Waals surface area contributed by atoms with Gasteiger partial charge in [0.25, 0.3) is 0 Å². The van der Waals surface area contributed by atoms with Crippen LogP contribution in [0.15, 0.2) is 53.6 Å². The predicted molar refractivity (Wildman–Crippen MR) is 78.2 cm³/mol. The second-order valence-corrected chi connectivity index (χ2v) is 4.65. The molecule has 2 heterocycles. The molecule has 0 saturated carbocycles. The van der Waals surface area contributed by atoms with Crippen LogP contribution in [-0.2, 0) is 0 Å². The third-order valence-corrected chi connectivity index (χ3v) is 3.20. The van der Waals surface area contributed by atoms with Crippen LogP contribution in [0.4, 0.5) is 4.39 Å².